The second kappa shape index (κ2) is 9.55. The van der Waals surface area contributed by atoms with Gasteiger partial charge in [-0.2, -0.15) is 0 Å². The highest BCUT2D eigenvalue weighted by atomic mass is 32.1. The van der Waals surface area contributed by atoms with Crippen LogP contribution in [0, 0.1) is 0 Å². The zero-order valence-corrected chi connectivity index (χ0v) is 17.3. The van der Waals surface area contributed by atoms with Crippen LogP contribution in [0.5, 0.6) is 0 Å². The summed E-state index contributed by atoms with van der Waals surface area (Å²) >= 11 is 1.68. The fourth-order valence-electron chi connectivity index (χ4n) is 4.00. The molecular weight excluding hydrogens is 344 g/mol. The Labute approximate surface area is 162 Å². The SMILES string of the molecule is CN=C(NCc1csc(N(C)C)n1)NC1CCN(C2CCCCC2)CC1. The molecule has 0 atom stereocenters. The van der Waals surface area contributed by atoms with E-state index in [1.54, 1.807) is 11.3 Å². The third kappa shape index (κ3) is 5.33. The van der Waals surface area contributed by atoms with E-state index in [2.05, 4.69) is 30.9 Å². The van der Waals surface area contributed by atoms with Gasteiger partial charge in [-0.05, 0) is 25.7 Å². The van der Waals surface area contributed by atoms with Gasteiger partial charge in [0.05, 0.1) is 12.2 Å². The summed E-state index contributed by atoms with van der Waals surface area (Å²) in [6.45, 7) is 3.15. The molecule has 0 aromatic carbocycles. The van der Waals surface area contributed by atoms with Gasteiger partial charge in [-0.15, -0.1) is 11.3 Å². The Hall–Kier alpha value is -1.34. The Bertz CT molecular complexity index is 570. The van der Waals surface area contributed by atoms with Gasteiger partial charge >= 0.3 is 0 Å². The molecule has 1 saturated carbocycles. The Kier molecular flexibility index (Phi) is 7.14. The van der Waals surface area contributed by atoms with Crippen LogP contribution in [0.25, 0.3) is 0 Å². The van der Waals surface area contributed by atoms with E-state index in [1.165, 1.54) is 58.0 Å². The normalized spacial score (nSPS) is 21.0. The summed E-state index contributed by atoms with van der Waals surface area (Å²) < 4.78 is 0. The Balaban J connectivity index is 1.41. The van der Waals surface area contributed by atoms with Gasteiger partial charge in [-0.1, -0.05) is 19.3 Å². The number of nitrogens with one attached hydrogen (secondary N) is 2. The maximum absolute atomic E-state index is 4.62. The summed E-state index contributed by atoms with van der Waals surface area (Å²) in [5, 5.41) is 10.2. The number of rotatable bonds is 5. The first-order valence-corrected chi connectivity index (χ1v) is 10.9. The number of piperidine rings is 1. The molecule has 2 heterocycles. The van der Waals surface area contributed by atoms with Crippen molar-refractivity contribution < 1.29 is 0 Å². The molecule has 1 aliphatic heterocycles. The maximum atomic E-state index is 4.62. The van der Waals surface area contributed by atoms with Crippen molar-refractivity contribution >= 4 is 22.4 Å². The van der Waals surface area contributed by atoms with Gasteiger partial charge < -0.3 is 20.4 Å². The molecule has 0 bridgehead atoms. The quantitative estimate of drug-likeness (QED) is 0.609. The average molecular weight is 379 g/mol. The molecule has 2 N–H and O–H groups in total. The summed E-state index contributed by atoms with van der Waals surface area (Å²) in [5.41, 5.74) is 1.06. The number of thiazole rings is 1. The lowest BCUT2D eigenvalue weighted by molar-refractivity contribution is 0.119. The fraction of sp³-hybridized carbons (Fsp3) is 0.789. The summed E-state index contributed by atoms with van der Waals surface area (Å²) in [6.07, 6.45) is 9.51. The number of hydrogen-bond acceptors (Lipinski definition) is 5. The monoisotopic (exact) mass is 378 g/mol. The Morgan fingerprint density at radius 3 is 2.58 bits per heavy atom. The number of aliphatic imine (C=N–C) groups is 1. The van der Waals surface area contributed by atoms with E-state index in [1.807, 2.05) is 26.0 Å². The van der Waals surface area contributed by atoms with Gasteiger partial charge in [0.15, 0.2) is 11.1 Å². The zero-order chi connectivity index (χ0) is 18.4. The van der Waals surface area contributed by atoms with Gasteiger partial charge in [0.1, 0.15) is 0 Å². The van der Waals surface area contributed by atoms with Crippen molar-refractivity contribution in [3.8, 4) is 0 Å². The van der Waals surface area contributed by atoms with Crippen molar-refractivity contribution in [2.24, 2.45) is 4.99 Å². The lowest BCUT2D eigenvalue weighted by atomic mass is 9.92. The summed E-state index contributed by atoms with van der Waals surface area (Å²) in [7, 11) is 5.89. The van der Waals surface area contributed by atoms with E-state index in [4.69, 9.17) is 0 Å². The molecule has 1 aromatic rings. The van der Waals surface area contributed by atoms with Crippen LogP contribution in [-0.4, -0.2) is 62.2 Å². The second-order valence-corrected chi connectivity index (χ2v) is 8.52. The third-order valence-corrected chi connectivity index (χ3v) is 6.60. The van der Waals surface area contributed by atoms with Crippen LogP contribution in [0.15, 0.2) is 10.4 Å². The van der Waals surface area contributed by atoms with Gasteiger partial charge in [0, 0.05) is 51.7 Å². The van der Waals surface area contributed by atoms with E-state index in [0.29, 0.717) is 12.6 Å². The van der Waals surface area contributed by atoms with Crippen LogP contribution < -0.4 is 15.5 Å². The van der Waals surface area contributed by atoms with E-state index >= 15 is 0 Å². The van der Waals surface area contributed by atoms with Gasteiger partial charge in [-0.25, -0.2) is 4.98 Å². The minimum atomic E-state index is 0.522. The number of aromatic nitrogens is 1. The van der Waals surface area contributed by atoms with Crippen molar-refractivity contribution in [2.75, 3.05) is 39.1 Å². The molecule has 1 aromatic heterocycles. The highest BCUT2D eigenvalue weighted by Crippen LogP contribution is 2.25. The second-order valence-electron chi connectivity index (χ2n) is 7.69. The minimum Gasteiger partial charge on any atom is -0.354 e. The highest BCUT2D eigenvalue weighted by Gasteiger charge is 2.26. The van der Waals surface area contributed by atoms with Crippen LogP contribution in [0.1, 0.15) is 50.6 Å². The summed E-state index contributed by atoms with van der Waals surface area (Å²) in [6, 6.07) is 1.37. The molecular formula is C19H34N6S. The predicted molar refractivity (Wildman–Crippen MR) is 111 cm³/mol. The van der Waals surface area contributed by atoms with Crippen molar-refractivity contribution in [3.05, 3.63) is 11.1 Å². The average Bonchev–Trinajstić information content (AvgIpc) is 3.16. The number of anilines is 1. The van der Waals surface area contributed by atoms with Gasteiger partial charge in [0.25, 0.3) is 0 Å². The first-order chi connectivity index (χ1) is 12.7. The van der Waals surface area contributed by atoms with Gasteiger partial charge in [0.2, 0.25) is 0 Å². The maximum Gasteiger partial charge on any atom is 0.191 e. The molecule has 2 fully saturated rings. The van der Waals surface area contributed by atoms with Crippen LogP contribution in [0.4, 0.5) is 5.13 Å². The predicted octanol–water partition coefficient (Wildman–Crippen LogP) is 2.67. The topological polar surface area (TPSA) is 55.8 Å². The van der Waals surface area contributed by atoms with Crippen molar-refractivity contribution in [1.82, 2.24) is 20.5 Å². The van der Waals surface area contributed by atoms with E-state index in [9.17, 15) is 0 Å². The van der Waals surface area contributed by atoms with Crippen molar-refractivity contribution in [3.63, 3.8) is 0 Å². The summed E-state index contributed by atoms with van der Waals surface area (Å²) in [4.78, 5) is 13.8. The number of nitrogens with zero attached hydrogens (tertiary/aromatic N) is 4. The molecule has 26 heavy (non-hydrogen) atoms. The standard InChI is InChI=1S/C19H34N6S/c1-20-18(21-13-16-14-26-19(23-16)24(2)3)22-15-9-11-25(12-10-15)17-7-5-4-6-8-17/h14-15,17H,4-13H2,1-3H3,(H2,20,21,22). The fourth-order valence-corrected chi connectivity index (χ4v) is 4.76. The molecule has 0 radical (unpaired) electrons. The van der Waals surface area contributed by atoms with E-state index < -0.39 is 0 Å². The smallest absolute Gasteiger partial charge is 0.191 e. The number of guanidine groups is 1. The van der Waals surface area contributed by atoms with Crippen LogP contribution in [0.3, 0.4) is 0 Å². The zero-order valence-electron chi connectivity index (χ0n) is 16.5. The first-order valence-electron chi connectivity index (χ1n) is 9.98. The van der Waals surface area contributed by atoms with E-state index in [0.717, 1.165) is 22.8 Å². The third-order valence-electron chi connectivity index (χ3n) is 5.54. The molecule has 146 valence electrons. The lowest BCUT2D eigenvalue weighted by Gasteiger charge is -2.39. The lowest BCUT2D eigenvalue weighted by Crippen LogP contribution is -2.50. The molecule has 0 amide bonds. The van der Waals surface area contributed by atoms with Crippen LogP contribution >= 0.6 is 11.3 Å². The van der Waals surface area contributed by atoms with Crippen molar-refractivity contribution in [2.45, 2.75) is 63.6 Å². The molecule has 1 aliphatic carbocycles. The van der Waals surface area contributed by atoms with Crippen LogP contribution in [-0.2, 0) is 6.54 Å². The molecule has 1 saturated heterocycles. The minimum absolute atomic E-state index is 0.522. The molecule has 0 unspecified atom stereocenters. The Morgan fingerprint density at radius 2 is 1.96 bits per heavy atom. The number of hydrogen-bond donors (Lipinski definition) is 2. The number of likely N-dealkylation sites (tertiary alicyclic amines) is 1. The molecule has 6 nitrogen and oxygen atoms in total. The molecule has 7 heteroatoms. The van der Waals surface area contributed by atoms with Crippen molar-refractivity contribution in [1.29, 1.82) is 0 Å². The van der Waals surface area contributed by atoms with E-state index in [-0.39, 0.29) is 0 Å². The Morgan fingerprint density at radius 1 is 1.23 bits per heavy atom. The van der Waals surface area contributed by atoms with Gasteiger partial charge in [-0.3, -0.25) is 4.99 Å². The first kappa shape index (κ1) is 19.4. The summed E-state index contributed by atoms with van der Waals surface area (Å²) in [5.74, 6) is 0.889. The highest BCUT2D eigenvalue weighted by molar-refractivity contribution is 7.13. The molecule has 0 spiro atoms. The largest absolute Gasteiger partial charge is 0.354 e. The van der Waals surface area contributed by atoms with Crippen LogP contribution in [0.2, 0.25) is 0 Å². The molecule has 2 aliphatic rings. The molecule has 3 rings (SSSR count).